The van der Waals surface area contributed by atoms with Crippen LogP contribution < -0.4 is 10.1 Å². The number of carbonyl (C=O) groups is 2. The molecular weight excluding hydrogens is 358 g/mol. The number of aromatic nitrogens is 3. The van der Waals surface area contributed by atoms with E-state index in [2.05, 4.69) is 34.3 Å². The smallest absolute Gasteiger partial charge is 0.248 e. The monoisotopic (exact) mass is 385 g/mol. The lowest BCUT2D eigenvalue weighted by Crippen LogP contribution is -2.31. The van der Waals surface area contributed by atoms with Crippen LogP contribution in [0.4, 0.5) is 5.95 Å². The van der Waals surface area contributed by atoms with Gasteiger partial charge in [0, 0.05) is 25.9 Å². The number of H-pyrrole nitrogens is 1. The number of nitrogens with zero attached hydrogens (tertiary/aromatic N) is 3. The van der Waals surface area contributed by atoms with Crippen molar-refractivity contribution >= 4 is 17.8 Å². The maximum atomic E-state index is 12.4. The Morgan fingerprint density at radius 3 is 2.75 bits per heavy atom. The van der Waals surface area contributed by atoms with Crippen molar-refractivity contribution in [3.8, 4) is 5.75 Å². The van der Waals surface area contributed by atoms with Crippen LogP contribution in [0.2, 0.25) is 0 Å². The zero-order valence-corrected chi connectivity index (χ0v) is 16.6. The molecule has 8 nitrogen and oxygen atoms in total. The molecule has 2 amide bonds. The standard InChI is InChI=1S/C20H27N5O3/c1-13(2)11-25-12-15(10-18(25)26)19(27)22-20-21-17(23-24-20)9-6-14-4-7-16(28-3)8-5-14/h4-5,7-8,13,15H,6,9-12H2,1-3H3,(H2,21,22,23,24,27). The van der Waals surface area contributed by atoms with Crippen LogP contribution in [0, 0.1) is 11.8 Å². The van der Waals surface area contributed by atoms with Gasteiger partial charge in [-0.25, -0.2) is 0 Å². The van der Waals surface area contributed by atoms with Crippen LogP contribution in [0.25, 0.3) is 0 Å². The highest BCUT2D eigenvalue weighted by Crippen LogP contribution is 2.20. The molecule has 1 aromatic heterocycles. The Balaban J connectivity index is 1.50. The summed E-state index contributed by atoms with van der Waals surface area (Å²) in [5.41, 5.74) is 1.16. The largest absolute Gasteiger partial charge is 0.497 e. The van der Waals surface area contributed by atoms with Gasteiger partial charge in [-0.3, -0.25) is 20.0 Å². The highest BCUT2D eigenvalue weighted by atomic mass is 16.5. The van der Waals surface area contributed by atoms with Gasteiger partial charge in [0.05, 0.1) is 13.0 Å². The number of aromatic amines is 1. The van der Waals surface area contributed by atoms with Gasteiger partial charge in [0.25, 0.3) is 0 Å². The Hall–Kier alpha value is -2.90. The number of hydrogen-bond acceptors (Lipinski definition) is 5. The number of benzene rings is 1. The number of likely N-dealkylation sites (tertiary alicyclic amines) is 1. The molecule has 8 heteroatoms. The van der Waals surface area contributed by atoms with Gasteiger partial charge in [0.1, 0.15) is 11.6 Å². The fourth-order valence-electron chi connectivity index (χ4n) is 3.30. The lowest BCUT2D eigenvalue weighted by atomic mass is 10.1. The van der Waals surface area contributed by atoms with Crippen LogP contribution in [0.5, 0.6) is 5.75 Å². The van der Waals surface area contributed by atoms with Crippen molar-refractivity contribution in [2.75, 3.05) is 25.5 Å². The van der Waals surface area contributed by atoms with E-state index >= 15 is 0 Å². The summed E-state index contributed by atoms with van der Waals surface area (Å²) in [6.45, 7) is 5.25. The Labute approximate surface area is 164 Å². The van der Waals surface area contributed by atoms with Crippen LogP contribution in [-0.4, -0.2) is 52.1 Å². The SMILES string of the molecule is COc1ccc(CCc2nc(NC(=O)C3CC(=O)N(CC(C)C)C3)n[nH]2)cc1. The molecule has 1 fully saturated rings. The Kier molecular flexibility index (Phi) is 6.28. The van der Waals surface area contributed by atoms with E-state index in [4.69, 9.17) is 4.74 Å². The van der Waals surface area contributed by atoms with Gasteiger partial charge in [-0.15, -0.1) is 5.10 Å². The number of ether oxygens (including phenoxy) is 1. The third-order valence-corrected chi connectivity index (χ3v) is 4.75. The van der Waals surface area contributed by atoms with E-state index in [1.807, 2.05) is 24.3 Å². The van der Waals surface area contributed by atoms with Crippen molar-refractivity contribution < 1.29 is 14.3 Å². The molecule has 0 aliphatic carbocycles. The van der Waals surface area contributed by atoms with E-state index in [-0.39, 0.29) is 30.1 Å². The molecule has 3 rings (SSSR count). The molecule has 0 spiro atoms. The summed E-state index contributed by atoms with van der Waals surface area (Å²) in [7, 11) is 1.64. The Morgan fingerprint density at radius 2 is 2.07 bits per heavy atom. The summed E-state index contributed by atoms with van der Waals surface area (Å²) in [5.74, 6) is 1.63. The van der Waals surface area contributed by atoms with E-state index in [1.165, 1.54) is 0 Å². The number of aryl methyl sites for hydroxylation is 2. The molecule has 2 N–H and O–H groups in total. The summed E-state index contributed by atoms with van der Waals surface area (Å²) in [6, 6.07) is 7.87. The van der Waals surface area contributed by atoms with Crippen molar-refractivity contribution in [3.05, 3.63) is 35.7 Å². The minimum absolute atomic E-state index is 0.0315. The fourth-order valence-corrected chi connectivity index (χ4v) is 3.30. The molecule has 1 unspecified atom stereocenters. The summed E-state index contributed by atoms with van der Waals surface area (Å²) in [5, 5.41) is 9.65. The number of nitrogens with one attached hydrogen (secondary N) is 2. The molecule has 0 saturated carbocycles. The number of anilines is 1. The molecule has 2 heterocycles. The first-order valence-electron chi connectivity index (χ1n) is 9.57. The van der Waals surface area contributed by atoms with Crippen LogP contribution in [-0.2, 0) is 22.4 Å². The highest BCUT2D eigenvalue weighted by Gasteiger charge is 2.34. The van der Waals surface area contributed by atoms with E-state index in [9.17, 15) is 9.59 Å². The molecule has 0 bridgehead atoms. The first-order valence-corrected chi connectivity index (χ1v) is 9.57. The van der Waals surface area contributed by atoms with Crippen LogP contribution in [0.3, 0.4) is 0 Å². The maximum Gasteiger partial charge on any atom is 0.248 e. The van der Waals surface area contributed by atoms with E-state index in [0.717, 1.165) is 17.7 Å². The number of amides is 2. The predicted molar refractivity (Wildman–Crippen MR) is 105 cm³/mol. The summed E-state index contributed by atoms with van der Waals surface area (Å²) in [6.07, 6.45) is 1.72. The fraction of sp³-hybridized carbons (Fsp3) is 0.500. The second-order valence-corrected chi connectivity index (χ2v) is 7.54. The lowest BCUT2D eigenvalue weighted by molar-refractivity contribution is -0.128. The van der Waals surface area contributed by atoms with Crippen molar-refractivity contribution in [1.82, 2.24) is 20.1 Å². The zero-order chi connectivity index (χ0) is 20.1. The van der Waals surface area contributed by atoms with Crippen molar-refractivity contribution in [3.63, 3.8) is 0 Å². The summed E-state index contributed by atoms with van der Waals surface area (Å²) >= 11 is 0. The second kappa shape index (κ2) is 8.86. The van der Waals surface area contributed by atoms with E-state index in [1.54, 1.807) is 12.0 Å². The summed E-state index contributed by atoms with van der Waals surface area (Å²) in [4.78, 5) is 30.6. The van der Waals surface area contributed by atoms with Gasteiger partial charge in [-0.05, 0) is 30.0 Å². The quantitative estimate of drug-likeness (QED) is 0.724. The maximum absolute atomic E-state index is 12.4. The van der Waals surface area contributed by atoms with Crippen LogP contribution in [0.1, 0.15) is 31.7 Å². The van der Waals surface area contributed by atoms with Crippen LogP contribution >= 0.6 is 0 Å². The van der Waals surface area contributed by atoms with Gasteiger partial charge in [0.15, 0.2) is 0 Å². The average Bonchev–Trinajstić information content (AvgIpc) is 3.27. The topological polar surface area (TPSA) is 100 Å². The predicted octanol–water partition coefficient (Wildman–Crippen LogP) is 2.04. The second-order valence-electron chi connectivity index (χ2n) is 7.54. The molecule has 2 aromatic rings. The normalized spacial score (nSPS) is 16.6. The van der Waals surface area contributed by atoms with Gasteiger partial charge >= 0.3 is 0 Å². The summed E-state index contributed by atoms with van der Waals surface area (Å²) < 4.78 is 5.15. The first kappa shape index (κ1) is 19.9. The molecule has 1 aliphatic heterocycles. The van der Waals surface area contributed by atoms with Gasteiger partial charge in [0.2, 0.25) is 17.8 Å². The minimum Gasteiger partial charge on any atom is -0.497 e. The number of methoxy groups -OCH3 is 1. The van der Waals surface area contributed by atoms with E-state index < -0.39 is 0 Å². The van der Waals surface area contributed by atoms with E-state index in [0.29, 0.717) is 31.3 Å². The highest BCUT2D eigenvalue weighted by molar-refractivity contribution is 5.96. The number of carbonyl (C=O) groups excluding carboxylic acids is 2. The minimum atomic E-state index is -0.354. The van der Waals surface area contributed by atoms with Crippen molar-refractivity contribution in [2.24, 2.45) is 11.8 Å². The molecule has 1 atom stereocenters. The third kappa shape index (κ3) is 5.09. The molecule has 0 radical (unpaired) electrons. The number of hydrogen-bond donors (Lipinski definition) is 2. The average molecular weight is 385 g/mol. The zero-order valence-electron chi connectivity index (χ0n) is 16.6. The van der Waals surface area contributed by atoms with Gasteiger partial charge < -0.3 is 9.64 Å². The number of rotatable bonds is 8. The molecule has 150 valence electrons. The molecule has 28 heavy (non-hydrogen) atoms. The van der Waals surface area contributed by atoms with Gasteiger partial charge in [-0.2, -0.15) is 4.98 Å². The molecule has 1 aliphatic rings. The molecular formula is C20H27N5O3. The third-order valence-electron chi connectivity index (χ3n) is 4.75. The van der Waals surface area contributed by atoms with Crippen molar-refractivity contribution in [2.45, 2.75) is 33.1 Å². The Bertz CT molecular complexity index is 816. The Morgan fingerprint density at radius 1 is 1.32 bits per heavy atom. The lowest BCUT2D eigenvalue weighted by Gasteiger charge is -2.18. The van der Waals surface area contributed by atoms with Gasteiger partial charge in [-0.1, -0.05) is 26.0 Å². The van der Waals surface area contributed by atoms with Crippen molar-refractivity contribution in [1.29, 1.82) is 0 Å². The molecule has 1 saturated heterocycles. The molecule has 1 aromatic carbocycles. The van der Waals surface area contributed by atoms with Crippen LogP contribution in [0.15, 0.2) is 24.3 Å². The first-order chi connectivity index (χ1) is 13.4.